The minimum atomic E-state index is -2.24. The minimum Gasteiger partial charge on any atom is -0.330 e. The number of nitrogens with two attached hydrogens (primary N) is 1. The second-order valence-electron chi connectivity index (χ2n) is 3.21. The summed E-state index contributed by atoms with van der Waals surface area (Å²) in [5.41, 5.74) is 5.32. The predicted octanol–water partition coefficient (Wildman–Crippen LogP) is 1.97. The largest absolute Gasteiger partial charge is 0.330 e. The molecule has 1 heterocycles. The third-order valence-electron chi connectivity index (χ3n) is 2.40. The SMILES string of the molecule is NCC(C(F)F)C1CCCSC1. The van der Waals surface area contributed by atoms with E-state index in [2.05, 4.69) is 0 Å². The molecule has 4 heteroatoms. The van der Waals surface area contributed by atoms with Crippen LogP contribution < -0.4 is 5.73 Å². The zero-order valence-corrected chi connectivity index (χ0v) is 7.83. The Balaban J connectivity index is 2.40. The van der Waals surface area contributed by atoms with Gasteiger partial charge in [0.2, 0.25) is 6.43 Å². The average molecular weight is 195 g/mol. The lowest BCUT2D eigenvalue weighted by Crippen LogP contribution is -2.32. The smallest absolute Gasteiger partial charge is 0.242 e. The summed E-state index contributed by atoms with van der Waals surface area (Å²) in [6, 6.07) is 0. The molecule has 0 aromatic rings. The highest BCUT2D eigenvalue weighted by molar-refractivity contribution is 7.99. The summed E-state index contributed by atoms with van der Waals surface area (Å²) >= 11 is 1.78. The van der Waals surface area contributed by atoms with Crippen LogP contribution in [0.1, 0.15) is 12.8 Å². The van der Waals surface area contributed by atoms with Gasteiger partial charge in [-0.15, -0.1) is 0 Å². The molecule has 2 unspecified atom stereocenters. The van der Waals surface area contributed by atoms with Gasteiger partial charge in [-0.1, -0.05) is 0 Å². The van der Waals surface area contributed by atoms with Crippen LogP contribution >= 0.6 is 11.8 Å². The lowest BCUT2D eigenvalue weighted by atomic mass is 9.90. The molecule has 0 saturated carbocycles. The number of hydrogen-bond donors (Lipinski definition) is 1. The van der Waals surface area contributed by atoms with E-state index in [4.69, 9.17) is 5.73 Å². The normalized spacial score (nSPS) is 27.5. The van der Waals surface area contributed by atoms with Crippen LogP contribution in [0.25, 0.3) is 0 Å². The highest BCUT2D eigenvalue weighted by Crippen LogP contribution is 2.31. The Morgan fingerprint density at radius 1 is 1.50 bits per heavy atom. The number of alkyl halides is 2. The van der Waals surface area contributed by atoms with Crippen molar-refractivity contribution in [2.24, 2.45) is 17.6 Å². The zero-order valence-electron chi connectivity index (χ0n) is 7.01. The summed E-state index contributed by atoms with van der Waals surface area (Å²) < 4.78 is 24.8. The molecule has 2 atom stereocenters. The molecule has 12 heavy (non-hydrogen) atoms. The third kappa shape index (κ3) is 2.59. The van der Waals surface area contributed by atoms with Crippen molar-refractivity contribution < 1.29 is 8.78 Å². The Hall–Kier alpha value is 0.170. The number of rotatable bonds is 3. The van der Waals surface area contributed by atoms with Gasteiger partial charge in [-0.2, -0.15) is 11.8 Å². The van der Waals surface area contributed by atoms with Gasteiger partial charge in [0.1, 0.15) is 0 Å². The van der Waals surface area contributed by atoms with Crippen molar-refractivity contribution in [3.8, 4) is 0 Å². The van der Waals surface area contributed by atoms with Gasteiger partial charge in [-0.25, -0.2) is 8.78 Å². The average Bonchev–Trinajstić information content (AvgIpc) is 2.07. The van der Waals surface area contributed by atoms with Gasteiger partial charge in [0, 0.05) is 12.5 Å². The quantitative estimate of drug-likeness (QED) is 0.745. The van der Waals surface area contributed by atoms with Crippen LogP contribution in [0.2, 0.25) is 0 Å². The van der Waals surface area contributed by atoms with Gasteiger partial charge in [-0.05, 0) is 30.3 Å². The van der Waals surface area contributed by atoms with Gasteiger partial charge in [-0.3, -0.25) is 0 Å². The molecule has 0 amide bonds. The third-order valence-corrected chi connectivity index (χ3v) is 3.64. The lowest BCUT2D eigenvalue weighted by molar-refractivity contribution is 0.0507. The fraction of sp³-hybridized carbons (Fsp3) is 1.00. The van der Waals surface area contributed by atoms with Gasteiger partial charge >= 0.3 is 0 Å². The van der Waals surface area contributed by atoms with E-state index in [1.165, 1.54) is 0 Å². The second-order valence-corrected chi connectivity index (χ2v) is 4.36. The van der Waals surface area contributed by atoms with E-state index in [1.54, 1.807) is 11.8 Å². The predicted molar refractivity (Wildman–Crippen MR) is 48.6 cm³/mol. The summed E-state index contributed by atoms with van der Waals surface area (Å²) in [5.74, 6) is 1.56. The highest BCUT2D eigenvalue weighted by atomic mass is 32.2. The van der Waals surface area contributed by atoms with E-state index < -0.39 is 12.3 Å². The molecule has 0 aromatic carbocycles. The summed E-state index contributed by atoms with van der Waals surface area (Å²) in [7, 11) is 0. The summed E-state index contributed by atoms with van der Waals surface area (Å²) in [5, 5.41) is 0. The van der Waals surface area contributed by atoms with Gasteiger partial charge < -0.3 is 5.73 Å². The molecular formula is C8H15F2NS. The number of halogens is 2. The van der Waals surface area contributed by atoms with Gasteiger partial charge in [0.15, 0.2) is 0 Å². The Kier molecular flexibility index (Phi) is 4.29. The van der Waals surface area contributed by atoms with E-state index in [0.29, 0.717) is 0 Å². The first-order chi connectivity index (χ1) is 5.75. The summed E-state index contributed by atoms with van der Waals surface area (Å²) in [4.78, 5) is 0. The Morgan fingerprint density at radius 3 is 2.67 bits per heavy atom. The van der Waals surface area contributed by atoms with E-state index in [1.807, 2.05) is 0 Å². The lowest BCUT2D eigenvalue weighted by Gasteiger charge is -2.28. The molecule has 0 aliphatic carbocycles. The molecule has 1 aliphatic heterocycles. The van der Waals surface area contributed by atoms with Crippen molar-refractivity contribution >= 4 is 11.8 Å². The van der Waals surface area contributed by atoms with Crippen molar-refractivity contribution in [1.82, 2.24) is 0 Å². The van der Waals surface area contributed by atoms with Crippen LogP contribution in [0.3, 0.4) is 0 Å². The van der Waals surface area contributed by atoms with E-state index in [-0.39, 0.29) is 12.5 Å². The van der Waals surface area contributed by atoms with Crippen molar-refractivity contribution in [2.75, 3.05) is 18.1 Å². The molecular weight excluding hydrogens is 180 g/mol. The monoisotopic (exact) mass is 195 g/mol. The van der Waals surface area contributed by atoms with Gasteiger partial charge in [0.25, 0.3) is 0 Å². The van der Waals surface area contributed by atoms with Crippen molar-refractivity contribution in [1.29, 1.82) is 0 Å². The topological polar surface area (TPSA) is 26.0 Å². The van der Waals surface area contributed by atoms with Crippen LogP contribution in [0, 0.1) is 11.8 Å². The number of hydrogen-bond acceptors (Lipinski definition) is 2. The standard InChI is InChI=1S/C8H15F2NS/c9-8(10)7(4-11)6-2-1-3-12-5-6/h6-8H,1-5,11H2. The maximum atomic E-state index is 12.4. The molecule has 1 nitrogen and oxygen atoms in total. The van der Waals surface area contributed by atoms with Crippen LogP contribution in [0.15, 0.2) is 0 Å². The maximum Gasteiger partial charge on any atom is 0.242 e. The molecule has 1 aliphatic rings. The van der Waals surface area contributed by atoms with Crippen molar-refractivity contribution in [3.63, 3.8) is 0 Å². The fourth-order valence-corrected chi connectivity index (χ4v) is 2.86. The summed E-state index contributed by atoms with van der Waals surface area (Å²) in [6.07, 6.45) is -0.240. The summed E-state index contributed by atoms with van der Waals surface area (Å²) in [6.45, 7) is 0.128. The maximum absolute atomic E-state index is 12.4. The molecule has 72 valence electrons. The van der Waals surface area contributed by atoms with Crippen molar-refractivity contribution in [2.45, 2.75) is 19.3 Å². The molecule has 1 rings (SSSR count). The first-order valence-electron chi connectivity index (χ1n) is 4.31. The molecule has 1 fully saturated rings. The molecule has 0 bridgehead atoms. The minimum absolute atomic E-state index is 0.128. The Bertz CT molecular complexity index is 126. The molecule has 1 saturated heterocycles. The molecule has 0 spiro atoms. The highest BCUT2D eigenvalue weighted by Gasteiger charge is 2.29. The van der Waals surface area contributed by atoms with E-state index >= 15 is 0 Å². The van der Waals surface area contributed by atoms with Crippen LogP contribution in [0.5, 0.6) is 0 Å². The first-order valence-corrected chi connectivity index (χ1v) is 5.47. The van der Waals surface area contributed by atoms with E-state index in [9.17, 15) is 8.78 Å². The van der Waals surface area contributed by atoms with E-state index in [0.717, 1.165) is 24.3 Å². The number of thioether (sulfide) groups is 1. The zero-order chi connectivity index (χ0) is 8.97. The Labute approximate surface area is 76.1 Å². The molecule has 0 aromatic heterocycles. The van der Waals surface area contributed by atoms with Crippen LogP contribution in [0.4, 0.5) is 8.78 Å². The van der Waals surface area contributed by atoms with Gasteiger partial charge in [0.05, 0.1) is 0 Å². The fourth-order valence-electron chi connectivity index (χ4n) is 1.60. The van der Waals surface area contributed by atoms with Crippen LogP contribution in [-0.4, -0.2) is 24.5 Å². The molecule has 2 N–H and O–H groups in total. The second kappa shape index (κ2) is 5.02. The van der Waals surface area contributed by atoms with Crippen molar-refractivity contribution in [3.05, 3.63) is 0 Å². The molecule has 0 radical (unpaired) electrons. The van der Waals surface area contributed by atoms with Crippen LogP contribution in [-0.2, 0) is 0 Å². The Morgan fingerprint density at radius 2 is 2.25 bits per heavy atom. The first kappa shape index (κ1) is 10.3.